The molecule has 0 radical (unpaired) electrons. The molecule has 0 saturated heterocycles. The quantitative estimate of drug-likeness (QED) is 0.805. The first kappa shape index (κ1) is 13.9. The van der Waals surface area contributed by atoms with Gasteiger partial charge in [-0.2, -0.15) is 5.10 Å². The SMILES string of the molecule is Cc1cccc(-n2nc(C)cc2NC(=O)c2cnccn2)c1. The van der Waals surface area contributed by atoms with Crippen molar-refractivity contribution in [2.45, 2.75) is 13.8 Å². The molecule has 1 amide bonds. The summed E-state index contributed by atoms with van der Waals surface area (Å²) in [7, 11) is 0. The van der Waals surface area contributed by atoms with Crippen molar-refractivity contribution in [3.63, 3.8) is 0 Å². The van der Waals surface area contributed by atoms with Crippen LogP contribution in [0.25, 0.3) is 5.69 Å². The van der Waals surface area contributed by atoms with Gasteiger partial charge in [-0.3, -0.25) is 9.78 Å². The van der Waals surface area contributed by atoms with Crippen LogP contribution >= 0.6 is 0 Å². The Morgan fingerprint density at radius 1 is 1.18 bits per heavy atom. The highest BCUT2D eigenvalue weighted by Gasteiger charge is 2.13. The largest absolute Gasteiger partial charge is 0.305 e. The predicted octanol–water partition coefficient (Wildman–Crippen LogP) is 2.53. The minimum absolute atomic E-state index is 0.261. The van der Waals surface area contributed by atoms with Gasteiger partial charge in [0.25, 0.3) is 5.91 Å². The standard InChI is InChI=1S/C16H15N5O/c1-11-4-3-5-13(8-11)21-15(9-12(2)20-21)19-16(22)14-10-17-6-7-18-14/h3-10H,1-2H3,(H,19,22). The second-order valence-electron chi connectivity index (χ2n) is 4.97. The lowest BCUT2D eigenvalue weighted by Crippen LogP contribution is -2.16. The molecular formula is C16H15N5O. The van der Waals surface area contributed by atoms with Gasteiger partial charge in [-0.15, -0.1) is 0 Å². The van der Waals surface area contributed by atoms with Gasteiger partial charge in [0.05, 0.1) is 17.6 Å². The number of benzene rings is 1. The first-order valence-corrected chi connectivity index (χ1v) is 6.84. The predicted molar refractivity (Wildman–Crippen MR) is 83.0 cm³/mol. The second-order valence-corrected chi connectivity index (χ2v) is 4.97. The fourth-order valence-corrected chi connectivity index (χ4v) is 2.14. The van der Waals surface area contributed by atoms with Gasteiger partial charge in [0.2, 0.25) is 0 Å². The van der Waals surface area contributed by atoms with Crippen LogP contribution in [0.3, 0.4) is 0 Å². The van der Waals surface area contributed by atoms with Gasteiger partial charge in [-0.25, -0.2) is 9.67 Å². The molecule has 0 aliphatic heterocycles. The first-order valence-electron chi connectivity index (χ1n) is 6.84. The molecule has 0 spiro atoms. The van der Waals surface area contributed by atoms with E-state index in [-0.39, 0.29) is 11.6 Å². The summed E-state index contributed by atoms with van der Waals surface area (Å²) in [5.41, 5.74) is 3.09. The molecule has 22 heavy (non-hydrogen) atoms. The number of nitrogens with one attached hydrogen (secondary N) is 1. The first-order chi connectivity index (χ1) is 10.6. The molecular weight excluding hydrogens is 278 g/mol. The summed E-state index contributed by atoms with van der Waals surface area (Å²) in [6, 6.07) is 9.73. The third kappa shape index (κ3) is 2.85. The summed E-state index contributed by atoms with van der Waals surface area (Å²) in [6.45, 7) is 3.89. The normalized spacial score (nSPS) is 10.5. The minimum Gasteiger partial charge on any atom is -0.305 e. The van der Waals surface area contributed by atoms with E-state index in [1.807, 2.05) is 44.2 Å². The van der Waals surface area contributed by atoms with Gasteiger partial charge in [0.1, 0.15) is 11.5 Å². The van der Waals surface area contributed by atoms with E-state index in [0.29, 0.717) is 5.82 Å². The fraction of sp³-hybridized carbons (Fsp3) is 0.125. The second kappa shape index (κ2) is 5.77. The lowest BCUT2D eigenvalue weighted by atomic mass is 10.2. The summed E-state index contributed by atoms with van der Waals surface area (Å²) >= 11 is 0. The lowest BCUT2D eigenvalue weighted by Gasteiger charge is -2.09. The molecule has 0 aliphatic carbocycles. The van der Waals surface area contributed by atoms with Gasteiger partial charge in [-0.05, 0) is 31.5 Å². The van der Waals surface area contributed by atoms with Gasteiger partial charge >= 0.3 is 0 Å². The molecule has 1 N–H and O–H groups in total. The Morgan fingerprint density at radius 2 is 2.05 bits per heavy atom. The summed E-state index contributed by atoms with van der Waals surface area (Å²) < 4.78 is 1.70. The highest BCUT2D eigenvalue weighted by atomic mass is 16.2. The van der Waals surface area contributed by atoms with E-state index in [2.05, 4.69) is 20.4 Å². The zero-order valence-corrected chi connectivity index (χ0v) is 12.3. The highest BCUT2D eigenvalue weighted by Crippen LogP contribution is 2.18. The Bertz CT molecular complexity index is 810. The van der Waals surface area contributed by atoms with Crippen molar-refractivity contribution in [1.82, 2.24) is 19.7 Å². The number of hydrogen-bond acceptors (Lipinski definition) is 4. The Morgan fingerprint density at radius 3 is 2.77 bits per heavy atom. The van der Waals surface area contributed by atoms with Crippen LogP contribution in [0.1, 0.15) is 21.7 Å². The van der Waals surface area contributed by atoms with Crippen molar-refractivity contribution < 1.29 is 4.79 Å². The van der Waals surface area contributed by atoms with Gasteiger partial charge in [0.15, 0.2) is 0 Å². The van der Waals surface area contributed by atoms with Crippen LogP contribution in [0.2, 0.25) is 0 Å². The van der Waals surface area contributed by atoms with Crippen LogP contribution in [-0.4, -0.2) is 25.7 Å². The number of aromatic nitrogens is 4. The summed E-state index contributed by atoms with van der Waals surface area (Å²) in [6.07, 6.45) is 4.44. The van der Waals surface area contributed by atoms with E-state index in [9.17, 15) is 4.79 Å². The van der Waals surface area contributed by atoms with Gasteiger partial charge in [0, 0.05) is 18.5 Å². The number of amides is 1. The van der Waals surface area contributed by atoms with Gasteiger partial charge < -0.3 is 5.32 Å². The molecule has 2 aromatic heterocycles. The molecule has 6 nitrogen and oxygen atoms in total. The molecule has 6 heteroatoms. The molecule has 0 aliphatic rings. The lowest BCUT2D eigenvalue weighted by molar-refractivity contribution is 0.102. The number of nitrogens with zero attached hydrogens (tertiary/aromatic N) is 4. The van der Waals surface area contributed by atoms with Crippen LogP contribution in [0.15, 0.2) is 48.9 Å². The number of rotatable bonds is 3. The Kier molecular flexibility index (Phi) is 3.65. The van der Waals surface area contributed by atoms with E-state index < -0.39 is 0 Å². The molecule has 3 aromatic rings. The molecule has 1 aromatic carbocycles. The number of anilines is 1. The van der Waals surface area contributed by atoms with E-state index in [0.717, 1.165) is 16.9 Å². The molecule has 0 unspecified atom stereocenters. The third-order valence-corrected chi connectivity index (χ3v) is 3.12. The Labute approximate surface area is 127 Å². The average molecular weight is 293 g/mol. The molecule has 0 atom stereocenters. The van der Waals surface area contributed by atoms with Crippen molar-refractivity contribution in [2.24, 2.45) is 0 Å². The van der Waals surface area contributed by atoms with Crippen LogP contribution in [0.4, 0.5) is 5.82 Å². The summed E-state index contributed by atoms with van der Waals surface area (Å²) in [4.78, 5) is 20.1. The molecule has 0 bridgehead atoms. The molecule has 0 saturated carbocycles. The van der Waals surface area contributed by atoms with Crippen molar-refractivity contribution in [1.29, 1.82) is 0 Å². The maximum absolute atomic E-state index is 12.2. The smallest absolute Gasteiger partial charge is 0.277 e. The van der Waals surface area contributed by atoms with E-state index >= 15 is 0 Å². The van der Waals surface area contributed by atoms with Crippen LogP contribution in [0.5, 0.6) is 0 Å². The number of carbonyl (C=O) groups excluding carboxylic acids is 1. The number of carbonyl (C=O) groups is 1. The Hall–Kier alpha value is -3.02. The van der Waals surface area contributed by atoms with Gasteiger partial charge in [-0.1, -0.05) is 12.1 Å². The van der Waals surface area contributed by atoms with Crippen molar-refractivity contribution in [3.05, 3.63) is 65.9 Å². The average Bonchev–Trinajstić information content (AvgIpc) is 2.89. The van der Waals surface area contributed by atoms with E-state index in [4.69, 9.17) is 0 Å². The zero-order valence-electron chi connectivity index (χ0n) is 12.3. The van der Waals surface area contributed by atoms with Crippen LogP contribution < -0.4 is 5.32 Å². The van der Waals surface area contributed by atoms with Crippen molar-refractivity contribution in [3.8, 4) is 5.69 Å². The topological polar surface area (TPSA) is 72.7 Å². The Balaban J connectivity index is 1.94. The summed E-state index contributed by atoms with van der Waals surface area (Å²) in [5.74, 6) is 0.278. The monoisotopic (exact) mass is 293 g/mol. The van der Waals surface area contributed by atoms with Crippen molar-refractivity contribution >= 4 is 11.7 Å². The highest BCUT2D eigenvalue weighted by molar-refractivity contribution is 6.02. The molecule has 110 valence electrons. The van der Waals surface area contributed by atoms with E-state index in [1.54, 1.807) is 4.68 Å². The maximum atomic E-state index is 12.2. The number of hydrogen-bond donors (Lipinski definition) is 1. The zero-order chi connectivity index (χ0) is 15.5. The maximum Gasteiger partial charge on any atom is 0.277 e. The molecule has 0 fully saturated rings. The van der Waals surface area contributed by atoms with Crippen LogP contribution in [0, 0.1) is 13.8 Å². The van der Waals surface area contributed by atoms with Crippen LogP contribution in [-0.2, 0) is 0 Å². The molecule has 2 heterocycles. The molecule has 3 rings (SSSR count). The minimum atomic E-state index is -0.318. The van der Waals surface area contributed by atoms with Crippen molar-refractivity contribution in [2.75, 3.05) is 5.32 Å². The number of aryl methyl sites for hydroxylation is 2. The third-order valence-electron chi connectivity index (χ3n) is 3.12. The fourth-order valence-electron chi connectivity index (χ4n) is 2.14. The summed E-state index contributed by atoms with van der Waals surface area (Å²) in [5, 5.41) is 7.26. The van der Waals surface area contributed by atoms with E-state index in [1.165, 1.54) is 18.6 Å².